The van der Waals surface area contributed by atoms with Crippen LogP contribution in [0, 0.1) is 5.41 Å². The SMILES string of the molecule is O[C@H]1CC2(CCC3(CCCC3)CC2)Oc2ccc(Cl)cc21. The largest absolute Gasteiger partial charge is 0.487 e. The van der Waals surface area contributed by atoms with E-state index < -0.39 is 6.10 Å². The third kappa shape index (κ3) is 2.37. The van der Waals surface area contributed by atoms with Gasteiger partial charge < -0.3 is 9.84 Å². The molecule has 1 atom stereocenters. The molecule has 21 heavy (non-hydrogen) atoms. The molecule has 0 bridgehead atoms. The van der Waals surface area contributed by atoms with Gasteiger partial charge in [-0.3, -0.25) is 0 Å². The zero-order valence-electron chi connectivity index (χ0n) is 12.4. The predicted octanol–water partition coefficient (Wildman–Crippen LogP) is 5.03. The molecular formula is C18H23ClO2. The van der Waals surface area contributed by atoms with Crippen molar-refractivity contribution in [1.29, 1.82) is 0 Å². The molecule has 2 nitrogen and oxygen atoms in total. The molecule has 0 amide bonds. The molecule has 1 aliphatic heterocycles. The minimum atomic E-state index is -0.440. The standard InChI is InChI=1S/C18H23ClO2/c19-13-3-4-16-14(11-13)15(20)12-18(21-16)9-7-17(8-10-18)5-1-2-6-17/h3-4,11,15,20H,1-2,5-10,12H2/t15-/m0/s1. The third-order valence-corrected chi connectivity index (χ3v) is 6.34. The molecule has 114 valence electrons. The van der Waals surface area contributed by atoms with Crippen LogP contribution in [-0.2, 0) is 0 Å². The van der Waals surface area contributed by atoms with Crippen LogP contribution in [0.3, 0.4) is 0 Å². The summed E-state index contributed by atoms with van der Waals surface area (Å²) < 4.78 is 6.37. The fraction of sp³-hybridized carbons (Fsp3) is 0.667. The number of ether oxygens (including phenoxy) is 1. The lowest BCUT2D eigenvalue weighted by Crippen LogP contribution is -2.46. The molecule has 0 unspecified atom stereocenters. The van der Waals surface area contributed by atoms with E-state index in [1.165, 1.54) is 38.5 Å². The number of aliphatic hydroxyl groups excluding tert-OH is 1. The summed E-state index contributed by atoms with van der Waals surface area (Å²) in [6, 6.07) is 5.62. The van der Waals surface area contributed by atoms with Crippen molar-refractivity contribution in [2.45, 2.75) is 69.5 Å². The van der Waals surface area contributed by atoms with Crippen molar-refractivity contribution in [3.63, 3.8) is 0 Å². The van der Waals surface area contributed by atoms with E-state index in [0.717, 1.165) is 30.6 Å². The second kappa shape index (κ2) is 4.89. The van der Waals surface area contributed by atoms with Crippen LogP contribution < -0.4 is 4.74 Å². The minimum absolute atomic E-state index is 0.145. The number of benzene rings is 1. The van der Waals surface area contributed by atoms with Gasteiger partial charge in [-0.1, -0.05) is 24.4 Å². The zero-order valence-corrected chi connectivity index (χ0v) is 13.2. The summed E-state index contributed by atoms with van der Waals surface area (Å²) in [6.07, 6.45) is 10.6. The molecule has 4 rings (SSSR count). The van der Waals surface area contributed by atoms with E-state index in [-0.39, 0.29) is 5.60 Å². The lowest BCUT2D eigenvalue weighted by atomic mass is 9.65. The Morgan fingerprint density at radius 2 is 1.76 bits per heavy atom. The fourth-order valence-corrected chi connectivity index (χ4v) is 4.96. The summed E-state index contributed by atoms with van der Waals surface area (Å²) in [5, 5.41) is 11.2. The number of aliphatic hydroxyl groups is 1. The molecule has 2 fully saturated rings. The van der Waals surface area contributed by atoms with Gasteiger partial charge in [0.25, 0.3) is 0 Å². The molecule has 3 aliphatic rings. The van der Waals surface area contributed by atoms with Gasteiger partial charge in [-0.05, 0) is 62.1 Å². The maximum atomic E-state index is 10.5. The highest BCUT2D eigenvalue weighted by atomic mass is 35.5. The summed E-state index contributed by atoms with van der Waals surface area (Å²) in [5.74, 6) is 0.834. The van der Waals surface area contributed by atoms with E-state index in [9.17, 15) is 5.11 Å². The molecule has 1 N–H and O–H groups in total. The average Bonchev–Trinajstić information content (AvgIpc) is 2.93. The van der Waals surface area contributed by atoms with Gasteiger partial charge in [-0.25, -0.2) is 0 Å². The van der Waals surface area contributed by atoms with Crippen LogP contribution in [0.15, 0.2) is 18.2 Å². The second-order valence-electron chi connectivity index (χ2n) is 7.39. The van der Waals surface area contributed by atoms with Crippen LogP contribution in [-0.4, -0.2) is 10.7 Å². The van der Waals surface area contributed by atoms with Gasteiger partial charge in [0.15, 0.2) is 0 Å². The highest BCUT2D eigenvalue weighted by molar-refractivity contribution is 6.30. The number of halogens is 1. The van der Waals surface area contributed by atoms with E-state index in [4.69, 9.17) is 16.3 Å². The monoisotopic (exact) mass is 306 g/mol. The smallest absolute Gasteiger partial charge is 0.126 e. The summed E-state index contributed by atoms with van der Waals surface area (Å²) in [6.45, 7) is 0. The Bertz CT molecular complexity index is 538. The molecule has 1 aromatic rings. The first-order valence-electron chi connectivity index (χ1n) is 8.27. The molecule has 1 aromatic carbocycles. The van der Waals surface area contributed by atoms with E-state index in [2.05, 4.69) is 0 Å². The van der Waals surface area contributed by atoms with E-state index >= 15 is 0 Å². The maximum Gasteiger partial charge on any atom is 0.126 e. The van der Waals surface area contributed by atoms with Crippen molar-refractivity contribution >= 4 is 11.6 Å². The minimum Gasteiger partial charge on any atom is -0.487 e. The first kappa shape index (κ1) is 13.9. The molecule has 0 radical (unpaired) electrons. The van der Waals surface area contributed by atoms with Gasteiger partial charge in [-0.15, -0.1) is 0 Å². The Balaban J connectivity index is 1.56. The molecular weight excluding hydrogens is 284 g/mol. The van der Waals surface area contributed by atoms with Gasteiger partial charge in [0.05, 0.1) is 6.10 Å². The van der Waals surface area contributed by atoms with E-state index in [1.807, 2.05) is 18.2 Å². The molecule has 0 aromatic heterocycles. The van der Waals surface area contributed by atoms with Crippen molar-refractivity contribution < 1.29 is 9.84 Å². The van der Waals surface area contributed by atoms with Gasteiger partial charge >= 0.3 is 0 Å². The van der Waals surface area contributed by atoms with Gasteiger partial charge in [-0.2, -0.15) is 0 Å². The molecule has 1 heterocycles. The highest BCUT2D eigenvalue weighted by Crippen LogP contribution is 2.55. The van der Waals surface area contributed by atoms with Gasteiger partial charge in [0.1, 0.15) is 11.4 Å². The Kier molecular flexibility index (Phi) is 3.24. The summed E-state index contributed by atoms with van der Waals surface area (Å²) in [5.41, 5.74) is 1.31. The van der Waals surface area contributed by atoms with Crippen molar-refractivity contribution in [2.24, 2.45) is 5.41 Å². The van der Waals surface area contributed by atoms with Crippen LogP contribution in [0.4, 0.5) is 0 Å². The topological polar surface area (TPSA) is 29.5 Å². The first-order chi connectivity index (χ1) is 10.1. The lowest BCUT2D eigenvalue weighted by molar-refractivity contribution is -0.0622. The zero-order chi connectivity index (χ0) is 14.5. The van der Waals surface area contributed by atoms with Crippen LogP contribution in [0.2, 0.25) is 5.02 Å². The van der Waals surface area contributed by atoms with Crippen LogP contribution in [0.1, 0.15) is 69.5 Å². The Hall–Kier alpha value is -0.730. The van der Waals surface area contributed by atoms with Gasteiger partial charge in [0, 0.05) is 17.0 Å². The summed E-state index contributed by atoms with van der Waals surface area (Å²) >= 11 is 6.03. The van der Waals surface area contributed by atoms with Crippen molar-refractivity contribution in [2.75, 3.05) is 0 Å². The molecule has 2 spiro atoms. The van der Waals surface area contributed by atoms with Gasteiger partial charge in [0.2, 0.25) is 0 Å². The lowest BCUT2D eigenvalue weighted by Gasteiger charge is -2.48. The van der Waals surface area contributed by atoms with Crippen molar-refractivity contribution in [3.8, 4) is 5.75 Å². The highest BCUT2D eigenvalue weighted by Gasteiger charge is 2.48. The number of hydrogen-bond donors (Lipinski definition) is 1. The maximum absolute atomic E-state index is 10.5. The van der Waals surface area contributed by atoms with Crippen molar-refractivity contribution in [1.82, 2.24) is 0 Å². The van der Waals surface area contributed by atoms with Crippen LogP contribution in [0.25, 0.3) is 0 Å². The Morgan fingerprint density at radius 1 is 1.05 bits per heavy atom. The molecule has 2 saturated carbocycles. The Labute approximate surface area is 131 Å². The quantitative estimate of drug-likeness (QED) is 0.728. The fourth-order valence-electron chi connectivity index (χ4n) is 4.78. The number of fused-ring (bicyclic) bond motifs is 1. The summed E-state index contributed by atoms with van der Waals surface area (Å²) in [4.78, 5) is 0. The molecule has 3 heteroatoms. The molecule has 0 saturated heterocycles. The third-order valence-electron chi connectivity index (χ3n) is 6.11. The average molecular weight is 307 g/mol. The van der Waals surface area contributed by atoms with Crippen molar-refractivity contribution in [3.05, 3.63) is 28.8 Å². The summed E-state index contributed by atoms with van der Waals surface area (Å²) in [7, 11) is 0. The van der Waals surface area contributed by atoms with Crippen LogP contribution in [0.5, 0.6) is 5.75 Å². The number of rotatable bonds is 0. The Morgan fingerprint density at radius 3 is 2.48 bits per heavy atom. The normalized spacial score (nSPS) is 29.3. The first-order valence-corrected chi connectivity index (χ1v) is 8.64. The molecule has 2 aliphatic carbocycles. The predicted molar refractivity (Wildman–Crippen MR) is 83.8 cm³/mol. The second-order valence-corrected chi connectivity index (χ2v) is 7.83. The van der Waals surface area contributed by atoms with E-state index in [0.29, 0.717) is 10.4 Å². The van der Waals surface area contributed by atoms with E-state index in [1.54, 1.807) is 0 Å². The van der Waals surface area contributed by atoms with Crippen LogP contribution >= 0.6 is 11.6 Å². The number of hydrogen-bond acceptors (Lipinski definition) is 2.